The van der Waals surface area contributed by atoms with Gasteiger partial charge in [0.15, 0.2) is 5.13 Å². The molecule has 178 valence electrons. The van der Waals surface area contributed by atoms with Crippen LogP contribution < -0.4 is 9.62 Å². The van der Waals surface area contributed by atoms with E-state index < -0.39 is 20.9 Å². The molecule has 0 atom stereocenters. The molecule has 1 heterocycles. The van der Waals surface area contributed by atoms with Crippen molar-refractivity contribution in [2.24, 2.45) is 0 Å². The SMILES string of the molecule is CN(c1ccccc1)S(=O)(=O)c1ccc(Cl)c(C(=O)Nc2nc(-c3cccc([N+](=O)[O-])c3)cs2)c1. The second-order valence-electron chi connectivity index (χ2n) is 7.25. The lowest BCUT2D eigenvalue weighted by atomic mass is 10.1. The summed E-state index contributed by atoms with van der Waals surface area (Å²) in [7, 11) is -2.53. The molecule has 0 aliphatic rings. The Morgan fingerprint density at radius 2 is 1.83 bits per heavy atom. The number of nitrogens with one attached hydrogen (secondary N) is 1. The van der Waals surface area contributed by atoms with Gasteiger partial charge in [-0.3, -0.25) is 24.5 Å². The van der Waals surface area contributed by atoms with Crippen molar-refractivity contribution in [1.29, 1.82) is 0 Å². The number of nitro groups is 1. The number of hydrogen-bond donors (Lipinski definition) is 1. The lowest BCUT2D eigenvalue weighted by molar-refractivity contribution is -0.384. The third-order valence-electron chi connectivity index (χ3n) is 5.04. The molecule has 0 saturated carbocycles. The molecular formula is C23H17ClN4O5S2. The fourth-order valence-corrected chi connectivity index (χ4v) is 5.32. The van der Waals surface area contributed by atoms with E-state index in [4.69, 9.17) is 11.6 Å². The van der Waals surface area contributed by atoms with E-state index in [0.717, 1.165) is 15.6 Å². The minimum Gasteiger partial charge on any atom is -0.298 e. The van der Waals surface area contributed by atoms with Gasteiger partial charge in [-0.2, -0.15) is 0 Å². The smallest absolute Gasteiger partial charge is 0.270 e. The molecule has 1 aromatic heterocycles. The zero-order valence-corrected chi connectivity index (χ0v) is 20.5. The van der Waals surface area contributed by atoms with Gasteiger partial charge in [-0.25, -0.2) is 13.4 Å². The lowest BCUT2D eigenvalue weighted by Gasteiger charge is -2.20. The van der Waals surface area contributed by atoms with Gasteiger partial charge in [0.25, 0.3) is 21.6 Å². The predicted molar refractivity (Wildman–Crippen MR) is 136 cm³/mol. The van der Waals surface area contributed by atoms with E-state index in [1.807, 2.05) is 0 Å². The molecule has 0 radical (unpaired) electrons. The lowest BCUT2D eigenvalue weighted by Crippen LogP contribution is -2.27. The maximum Gasteiger partial charge on any atom is 0.270 e. The Balaban J connectivity index is 1.58. The Hall–Kier alpha value is -3.80. The van der Waals surface area contributed by atoms with E-state index in [-0.39, 0.29) is 26.3 Å². The third-order valence-corrected chi connectivity index (χ3v) is 7.91. The van der Waals surface area contributed by atoms with Crippen LogP contribution in [0, 0.1) is 10.1 Å². The van der Waals surface area contributed by atoms with E-state index in [1.165, 1.54) is 37.4 Å². The van der Waals surface area contributed by atoms with Crippen molar-refractivity contribution in [2.45, 2.75) is 4.90 Å². The number of aromatic nitrogens is 1. The first-order valence-electron chi connectivity index (χ1n) is 10.0. The van der Waals surface area contributed by atoms with Gasteiger partial charge in [0, 0.05) is 30.1 Å². The summed E-state index contributed by atoms with van der Waals surface area (Å²) in [4.78, 5) is 27.6. The number of anilines is 2. The number of sulfonamides is 1. The van der Waals surface area contributed by atoms with Crippen LogP contribution in [0.5, 0.6) is 0 Å². The maximum absolute atomic E-state index is 13.1. The molecule has 35 heavy (non-hydrogen) atoms. The average Bonchev–Trinajstić information content (AvgIpc) is 3.32. The largest absolute Gasteiger partial charge is 0.298 e. The monoisotopic (exact) mass is 528 g/mol. The van der Waals surface area contributed by atoms with Crippen LogP contribution in [0.1, 0.15) is 10.4 Å². The van der Waals surface area contributed by atoms with Gasteiger partial charge >= 0.3 is 0 Å². The van der Waals surface area contributed by atoms with Gasteiger partial charge in [0.2, 0.25) is 0 Å². The highest BCUT2D eigenvalue weighted by molar-refractivity contribution is 7.92. The molecule has 0 bridgehead atoms. The number of carbonyl (C=O) groups is 1. The summed E-state index contributed by atoms with van der Waals surface area (Å²) in [5.41, 5.74) is 1.31. The van der Waals surface area contributed by atoms with Gasteiger partial charge in [0.05, 0.1) is 31.8 Å². The van der Waals surface area contributed by atoms with Gasteiger partial charge in [-0.05, 0) is 30.3 Å². The molecule has 0 aliphatic carbocycles. The Morgan fingerprint density at radius 1 is 1.09 bits per heavy atom. The average molecular weight is 529 g/mol. The molecule has 3 aromatic carbocycles. The molecule has 0 saturated heterocycles. The number of rotatable bonds is 7. The fraction of sp³-hybridized carbons (Fsp3) is 0.0435. The van der Waals surface area contributed by atoms with Gasteiger partial charge in [-0.1, -0.05) is 41.9 Å². The van der Waals surface area contributed by atoms with Crippen molar-refractivity contribution < 1.29 is 18.1 Å². The number of hydrogen-bond acceptors (Lipinski definition) is 7. The quantitative estimate of drug-likeness (QED) is 0.251. The molecule has 9 nitrogen and oxygen atoms in total. The van der Waals surface area contributed by atoms with Gasteiger partial charge < -0.3 is 0 Å². The zero-order chi connectivity index (χ0) is 25.2. The molecule has 4 aromatic rings. The second kappa shape index (κ2) is 9.82. The first-order chi connectivity index (χ1) is 16.7. The van der Waals surface area contributed by atoms with Gasteiger partial charge in [-0.15, -0.1) is 11.3 Å². The number of nitro benzene ring substituents is 1. The number of halogens is 1. The van der Waals surface area contributed by atoms with E-state index >= 15 is 0 Å². The zero-order valence-electron chi connectivity index (χ0n) is 18.1. The normalized spacial score (nSPS) is 11.1. The second-order valence-corrected chi connectivity index (χ2v) is 10.5. The summed E-state index contributed by atoms with van der Waals surface area (Å²) in [6.45, 7) is 0. The van der Waals surface area contributed by atoms with Crippen molar-refractivity contribution in [3.8, 4) is 11.3 Å². The van der Waals surface area contributed by atoms with Crippen LogP contribution in [0.15, 0.2) is 83.1 Å². The van der Waals surface area contributed by atoms with E-state index in [2.05, 4.69) is 10.3 Å². The van der Waals surface area contributed by atoms with Crippen LogP contribution in [0.2, 0.25) is 5.02 Å². The summed E-state index contributed by atoms with van der Waals surface area (Å²) < 4.78 is 27.3. The van der Waals surface area contributed by atoms with Crippen LogP contribution >= 0.6 is 22.9 Å². The number of para-hydroxylation sites is 1. The molecule has 0 spiro atoms. The van der Waals surface area contributed by atoms with E-state index in [0.29, 0.717) is 16.9 Å². The molecule has 0 unspecified atom stereocenters. The van der Waals surface area contributed by atoms with Crippen LogP contribution in [-0.2, 0) is 10.0 Å². The molecule has 12 heteroatoms. The molecule has 1 amide bonds. The summed E-state index contributed by atoms with van der Waals surface area (Å²) in [6.07, 6.45) is 0. The van der Waals surface area contributed by atoms with Crippen molar-refractivity contribution in [3.05, 3.63) is 98.9 Å². The maximum atomic E-state index is 13.1. The van der Waals surface area contributed by atoms with Crippen molar-refractivity contribution in [2.75, 3.05) is 16.7 Å². The molecule has 0 aliphatic heterocycles. The first kappa shape index (κ1) is 24.3. The van der Waals surface area contributed by atoms with E-state index in [9.17, 15) is 23.3 Å². The number of nitrogens with zero attached hydrogens (tertiary/aromatic N) is 3. The Bertz CT molecular complexity index is 1520. The summed E-state index contributed by atoms with van der Waals surface area (Å²) in [5.74, 6) is -0.644. The highest BCUT2D eigenvalue weighted by Crippen LogP contribution is 2.29. The highest BCUT2D eigenvalue weighted by atomic mass is 35.5. The Labute approximate surface area is 209 Å². The van der Waals surface area contributed by atoms with Crippen molar-refractivity contribution in [1.82, 2.24) is 4.98 Å². The highest BCUT2D eigenvalue weighted by Gasteiger charge is 2.24. The standard InChI is InChI=1S/C23H17ClN4O5S2/c1-27(16-7-3-2-4-8-16)35(32,33)18-10-11-20(24)19(13-18)22(29)26-23-25-21(14-34-23)15-6-5-9-17(12-15)28(30)31/h2-14H,1H3,(H,25,26,29). The topological polar surface area (TPSA) is 123 Å². The Morgan fingerprint density at radius 3 is 2.54 bits per heavy atom. The van der Waals surface area contributed by atoms with Crippen molar-refractivity contribution in [3.63, 3.8) is 0 Å². The number of carbonyl (C=O) groups excluding carboxylic acids is 1. The minimum atomic E-state index is -3.95. The fourth-order valence-electron chi connectivity index (χ4n) is 3.18. The minimum absolute atomic E-state index is 0.0405. The summed E-state index contributed by atoms with van der Waals surface area (Å²) in [5, 5.41) is 15.6. The van der Waals surface area contributed by atoms with Crippen molar-refractivity contribution >= 4 is 55.4 Å². The molecule has 4 rings (SSSR count). The first-order valence-corrected chi connectivity index (χ1v) is 12.7. The van der Waals surface area contributed by atoms with Crippen LogP contribution in [-0.4, -0.2) is 31.3 Å². The molecule has 0 fully saturated rings. The third kappa shape index (κ3) is 5.16. The molecular weight excluding hydrogens is 512 g/mol. The van der Waals surface area contributed by atoms with E-state index in [1.54, 1.807) is 47.8 Å². The summed E-state index contributed by atoms with van der Waals surface area (Å²) >= 11 is 7.32. The van der Waals surface area contributed by atoms with Gasteiger partial charge in [0.1, 0.15) is 0 Å². The number of amides is 1. The number of non-ortho nitro benzene ring substituents is 1. The summed E-state index contributed by atoms with van der Waals surface area (Å²) in [6, 6.07) is 18.4. The molecule has 1 N–H and O–H groups in total. The van der Waals surface area contributed by atoms with Crippen LogP contribution in [0.3, 0.4) is 0 Å². The number of thiazole rings is 1. The predicted octanol–water partition coefficient (Wildman–Crippen LogP) is 5.45. The Kier molecular flexibility index (Phi) is 6.83. The number of benzene rings is 3. The van der Waals surface area contributed by atoms with Crippen LogP contribution in [0.4, 0.5) is 16.5 Å². The van der Waals surface area contributed by atoms with Crippen LogP contribution in [0.25, 0.3) is 11.3 Å².